The zero-order valence-electron chi connectivity index (χ0n) is 13.6. The van der Waals surface area contributed by atoms with Crippen molar-refractivity contribution in [3.8, 4) is 0 Å². The van der Waals surface area contributed by atoms with E-state index in [4.69, 9.17) is 4.74 Å². The second-order valence-electron chi connectivity index (χ2n) is 6.70. The van der Waals surface area contributed by atoms with Crippen LogP contribution < -0.4 is 0 Å². The predicted molar refractivity (Wildman–Crippen MR) is 88.5 cm³/mol. The molecule has 2 aliphatic rings. The summed E-state index contributed by atoms with van der Waals surface area (Å²) < 4.78 is 5.46. The standard InChI is InChI=1S/C17H26N2O2S/c1-12(2)19(14-7-9-21-10-8-14)17(20)16-15(18-11-22-16)13-5-3-4-6-13/h11-14H,3-10H2,1-2H3. The highest BCUT2D eigenvalue weighted by Gasteiger charge is 2.33. The maximum atomic E-state index is 13.2. The molecule has 4 nitrogen and oxygen atoms in total. The average Bonchev–Trinajstić information content (AvgIpc) is 3.19. The Kier molecular flexibility index (Phi) is 5.14. The van der Waals surface area contributed by atoms with Crippen LogP contribution in [0.4, 0.5) is 0 Å². The van der Waals surface area contributed by atoms with Gasteiger partial charge >= 0.3 is 0 Å². The molecule has 0 bridgehead atoms. The fraction of sp³-hybridized carbons (Fsp3) is 0.765. The second kappa shape index (κ2) is 7.09. The number of carbonyl (C=O) groups is 1. The maximum absolute atomic E-state index is 13.2. The van der Waals surface area contributed by atoms with Gasteiger partial charge < -0.3 is 9.64 Å². The van der Waals surface area contributed by atoms with Crippen LogP contribution >= 0.6 is 11.3 Å². The number of rotatable bonds is 4. The predicted octanol–water partition coefficient (Wildman–Crippen LogP) is 3.83. The highest BCUT2D eigenvalue weighted by molar-refractivity contribution is 7.11. The summed E-state index contributed by atoms with van der Waals surface area (Å²) in [6.07, 6.45) is 6.79. The van der Waals surface area contributed by atoms with Gasteiger partial charge in [-0.15, -0.1) is 11.3 Å². The molecule has 5 heteroatoms. The van der Waals surface area contributed by atoms with Crippen LogP contribution in [0.15, 0.2) is 5.51 Å². The number of nitrogens with zero attached hydrogens (tertiary/aromatic N) is 2. The first-order chi connectivity index (χ1) is 10.7. The van der Waals surface area contributed by atoms with Gasteiger partial charge in [0.25, 0.3) is 5.91 Å². The first kappa shape index (κ1) is 15.9. The molecule has 1 amide bonds. The smallest absolute Gasteiger partial charge is 0.266 e. The van der Waals surface area contributed by atoms with E-state index in [1.54, 1.807) is 0 Å². The quantitative estimate of drug-likeness (QED) is 0.846. The van der Waals surface area contributed by atoms with Crippen LogP contribution in [-0.2, 0) is 4.74 Å². The third-order valence-corrected chi connectivity index (χ3v) is 5.74. The SMILES string of the molecule is CC(C)N(C(=O)c1scnc1C1CCCC1)C1CCOCC1. The van der Waals surface area contributed by atoms with Gasteiger partial charge in [0.05, 0.1) is 11.2 Å². The Hall–Kier alpha value is -0.940. The minimum Gasteiger partial charge on any atom is -0.381 e. The molecular weight excluding hydrogens is 296 g/mol. The summed E-state index contributed by atoms with van der Waals surface area (Å²) in [5.41, 5.74) is 2.91. The van der Waals surface area contributed by atoms with Crippen LogP contribution in [0.3, 0.4) is 0 Å². The van der Waals surface area contributed by atoms with Crippen LogP contribution in [0.5, 0.6) is 0 Å². The first-order valence-corrected chi connectivity index (χ1v) is 9.40. The van der Waals surface area contributed by atoms with Gasteiger partial charge in [-0.25, -0.2) is 4.98 Å². The summed E-state index contributed by atoms with van der Waals surface area (Å²) >= 11 is 1.52. The van der Waals surface area contributed by atoms with E-state index < -0.39 is 0 Å². The number of aromatic nitrogens is 1. The minimum absolute atomic E-state index is 0.186. The van der Waals surface area contributed by atoms with E-state index >= 15 is 0 Å². The molecule has 0 aromatic carbocycles. The van der Waals surface area contributed by atoms with Crippen molar-refractivity contribution in [2.45, 2.75) is 70.4 Å². The van der Waals surface area contributed by atoms with Crippen molar-refractivity contribution < 1.29 is 9.53 Å². The Balaban J connectivity index is 1.82. The largest absolute Gasteiger partial charge is 0.381 e. The molecular formula is C17H26N2O2S. The van der Waals surface area contributed by atoms with Crippen LogP contribution in [0.2, 0.25) is 0 Å². The van der Waals surface area contributed by atoms with E-state index in [1.165, 1.54) is 37.0 Å². The number of thiazole rings is 1. The van der Waals surface area contributed by atoms with Gasteiger partial charge in [0.15, 0.2) is 0 Å². The Morgan fingerprint density at radius 2 is 1.95 bits per heavy atom. The fourth-order valence-corrected chi connectivity index (χ4v) is 4.63. The maximum Gasteiger partial charge on any atom is 0.266 e. The average molecular weight is 322 g/mol. The lowest BCUT2D eigenvalue weighted by atomic mass is 10.0. The first-order valence-electron chi connectivity index (χ1n) is 8.52. The van der Waals surface area contributed by atoms with Gasteiger partial charge in [-0.3, -0.25) is 4.79 Å². The molecule has 1 saturated carbocycles. The minimum atomic E-state index is 0.186. The summed E-state index contributed by atoms with van der Waals surface area (Å²) in [6.45, 7) is 5.76. The summed E-state index contributed by atoms with van der Waals surface area (Å²) in [6, 6.07) is 0.522. The zero-order valence-corrected chi connectivity index (χ0v) is 14.4. The molecule has 0 N–H and O–H groups in total. The summed E-state index contributed by atoms with van der Waals surface area (Å²) in [5, 5.41) is 0. The van der Waals surface area contributed by atoms with E-state index in [0.717, 1.165) is 36.6 Å². The van der Waals surface area contributed by atoms with Crippen molar-refractivity contribution in [1.82, 2.24) is 9.88 Å². The topological polar surface area (TPSA) is 42.4 Å². The molecule has 0 radical (unpaired) electrons. The zero-order chi connectivity index (χ0) is 15.5. The number of hydrogen-bond donors (Lipinski definition) is 0. The molecule has 0 atom stereocenters. The van der Waals surface area contributed by atoms with Gasteiger partial charge in [0.1, 0.15) is 4.88 Å². The van der Waals surface area contributed by atoms with Gasteiger partial charge in [-0.2, -0.15) is 0 Å². The van der Waals surface area contributed by atoms with Crippen molar-refractivity contribution in [2.24, 2.45) is 0 Å². The monoisotopic (exact) mass is 322 g/mol. The number of ether oxygens (including phenoxy) is 1. The highest BCUT2D eigenvalue weighted by Crippen LogP contribution is 2.37. The molecule has 122 valence electrons. The molecule has 0 unspecified atom stereocenters. The van der Waals surface area contributed by atoms with Gasteiger partial charge in [-0.05, 0) is 39.5 Å². The molecule has 1 aliphatic carbocycles. The van der Waals surface area contributed by atoms with E-state index in [9.17, 15) is 4.79 Å². The summed E-state index contributed by atoms with van der Waals surface area (Å²) in [5.74, 6) is 0.681. The van der Waals surface area contributed by atoms with Gasteiger partial charge in [0, 0.05) is 31.2 Å². The highest BCUT2D eigenvalue weighted by atomic mass is 32.1. The van der Waals surface area contributed by atoms with Crippen molar-refractivity contribution in [3.05, 3.63) is 16.1 Å². The molecule has 1 aliphatic heterocycles. The van der Waals surface area contributed by atoms with Gasteiger partial charge in [0.2, 0.25) is 0 Å². The van der Waals surface area contributed by atoms with Crippen molar-refractivity contribution >= 4 is 17.2 Å². The van der Waals surface area contributed by atoms with E-state index in [1.807, 2.05) is 5.51 Å². The Labute approximate surface area is 136 Å². The fourth-order valence-electron chi connectivity index (χ4n) is 3.81. The molecule has 1 aromatic rings. The second-order valence-corrected chi connectivity index (χ2v) is 7.55. The number of amides is 1. The Morgan fingerprint density at radius 3 is 2.59 bits per heavy atom. The van der Waals surface area contributed by atoms with Gasteiger partial charge in [-0.1, -0.05) is 12.8 Å². The normalized spacial score (nSPS) is 20.7. The van der Waals surface area contributed by atoms with E-state index in [2.05, 4.69) is 23.7 Å². The third kappa shape index (κ3) is 3.20. The van der Waals surface area contributed by atoms with Crippen LogP contribution in [0.1, 0.15) is 73.7 Å². The molecule has 1 saturated heterocycles. The van der Waals surface area contributed by atoms with Crippen LogP contribution in [0, 0.1) is 0 Å². The van der Waals surface area contributed by atoms with E-state index in [-0.39, 0.29) is 11.9 Å². The van der Waals surface area contributed by atoms with Crippen LogP contribution in [-0.4, -0.2) is 41.1 Å². The number of hydrogen-bond acceptors (Lipinski definition) is 4. The lowest BCUT2D eigenvalue weighted by molar-refractivity contribution is 0.0208. The lowest BCUT2D eigenvalue weighted by Gasteiger charge is -2.37. The molecule has 2 fully saturated rings. The molecule has 1 aromatic heterocycles. The Morgan fingerprint density at radius 1 is 1.27 bits per heavy atom. The van der Waals surface area contributed by atoms with E-state index in [0.29, 0.717) is 12.0 Å². The van der Waals surface area contributed by atoms with Crippen molar-refractivity contribution in [1.29, 1.82) is 0 Å². The van der Waals surface area contributed by atoms with Crippen molar-refractivity contribution in [3.63, 3.8) is 0 Å². The van der Waals surface area contributed by atoms with Crippen molar-refractivity contribution in [2.75, 3.05) is 13.2 Å². The van der Waals surface area contributed by atoms with Crippen LogP contribution in [0.25, 0.3) is 0 Å². The third-order valence-electron chi connectivity index (χ3n) is 4.91. The lowest BCUT2D eigenvalue weighted by Crippen LogP contribution is -2.47. The molecule has 3 rings (SSSR count). The molecule has 0 spiro atoms. The Bertz CT molecular complexity index is 503. The molecule has 2 heterocycles. The number of carbonyl (C=O) groups excluding carboxylic acids is 1. The summed E-state index contributed by atoms with van der Waals surface area (Å²) in [7, 11) is 0. The molecule has 22 heavy (non-hydrogen) atoms. The summed E-state index contributed by atoms with van der Waals surface area (Å²) in [4.78, 5) is 20.7.